The Balaban J connectivity index is 1.31. The molecule has 34 heavy (non-hydrogen) atoms. The smallest absolute Gasteiger partial charge is 0.293 e. The second kappa shape index (κ2) is 9.57. The lowest BCUT2D eigenvalue weighted by Crippen LogP contribution is -2.27. The zero-order valence-corrected chi connectivity index (χ0v) is 19.5. The third-order valence-electron chi connectivity index (χ3n) is 5.73. The summed E-state index contributed by atoms with van der Waals surface area (Å²) in [7, 11) is 0. The second-order valence-electron chi connectivity index (χ2n) is 8.26. The van der Waals surface area contributed by atoms with Crippen LogP contribution in [-0.2, 0) is 17.9 Å². The molecule has 1 saturated heterocycles. The van der Waals surface area contributed by atoms with Crippen LogP contribution in [0.4, 0.5) is 4.79 Å². The number of amides is 2. The number of ether oxygens (including phenoxy) is 1. The highest BCUT2D eigenvalue weighted by Crippen LogP contribution is 2.34. The van der Waals surface area contributed by atoms with E-state index in [9.17, 15) is 9.59 Å². The van der Waals surface area contributed by atoms with Crippen molar-refractivity contribution >= 4 is 39.8 Å². The van der Waals surface area contributed by atoms with Crippen molar-refractivity contribution in [2.45, 2.75) is 20.1 Å². The van der Waals surface area contributed by atoms with Crippen LogP contribution in [-0.4, -0.2) is 16.0 Å². The Morgan fingerprint density at radius 3 is 2.56 bits per heavy atom. The molecule has 168 valence electrons. The summed E-state index contributed by atoms with van der Waals surface area (Å²) in [6.07, 6.45) is 1.76. The number of aryl methyl sites for hydroxylation is 1. The third-order valence-corrected chi connectivity index (χ3v) is 6.63. The SMILES string of the molecule is Cc1cccc(CN2C(=O)S/C(=C\c3cccc(OCc4cccc5ccccc45)c3)C2=O)c1. The predicted octanol–water partition coefficient (Wildman–Crippen LogP) is 6.96. The van der Waals surface area contributed by atoms with Crippen LogP contribution >= 0.6 is 11.8 Å². The lowest BCUT2D eigenvalue weighted by molar-refractivity contribution is -0.123. The zero-order valence-electron chi connectivity index (χ0n) is 18.7. The van der Waals surface area contributed by atoms with Crippen LogP contribution in [0.1, 0.15) is 22.3 Å². The van der Waals surface area contributed by atoms with Gasteiger partial charge in [-0.3, -0.25) is 14.5 Å². The van der Waals surface area contributed by atoms with E-state index >= 15 is 0 Å². The van der Waals surface area contributed by atoms with Crippen LogP contribution in [0.5, 0.6) is 5.75 Å². The topological polar surface area (TPSA) is 46.6 Å². The molecule has 0 unspecified atom stereocenters. The van der Waals surface area contributed by atoms with Crippen LogP contribution in [0.25, 0.3) is 16.8 Å². The maximum absolute atomic E-state index is 12.9. The van der Waals surface area contributed by atoms with Gasteiger partial charge in [0, 0.05) is 0 Å². The van der Waals surface area contributed by atoms with Crippen LogP contribution in [0.15, 0.2) is 95.9 Å². The standard InChI is InChI=1S/C29H23NO3S/c1-20-7-4-9-22(15-20)18-30-28(31)27(34-29(30)32)17-21-8-5-13-25(16-21)33-19-24-12-6-11-23-10-2-3-14-26(23)24/h2-17H,18-19H2,1H3/b27-17-. The number of hydrogen-bond acceptors (Lipinski definition) is 4. The highest BCUT2D eigenvalue weighted by Gasteiger charge is 2.35. The van der Waals surface area contributed by atoms with Crippen molar-refractivity contribution in [1.82, 2.24) is 4.90 Å². The van der Waals surface area contributed by atoms with Crippen LogP contribution in [0.3, 0.4) is 0 Å². The Hall–Kier alpha value is -3.83. The van der Waals surface area contributed by atoms with Gasteiger partial charge in [-0.25, -0.2) is 0 Å². The number of hydrogen-bond donors (Lipinski definition) is 0. The number of thioether (sulfide) groups is 1. The molecule has 1 fully saturated rings. The number of rotatable bonds is 6. The molecule has 1 aliphatic heterocycles. The van der Waals surface area contributed by atoms with Gasteiger partial charge < -0.3 is 4.74 Å². The Kier molecular flexibility index (Phi) is 6.19. The van der Waals surface area contributed by atoms with Crippen LogP contribution < -0.4 is 4.74 Å². The summed E-state index contributed by atoms with van der Waals surface area (Å²) in [6, 6.07) is 29.8. The van der Waals surface area contributed by atoms with Gasteiger partial charge in [0.2, 0.25) is 0 Å². The van der Waals surface area contributed by atoms with E-state index in [1.807, 2.05) is 73.7 Å². The minimum Gasteiger partial charge on any atom is -0.489 e. The summed E-state index contributed by atoms with van der Waals surface area (Å²) >= 11 is 0.975. The second-order valence-corrected chi connectivity index (χ2v) is 9.25. The van der Waals surface area contributed by atoms with Crippen molar-refractivity contribution in [3.63, 3.8) is 0 Å². The van der Waals surface area contributed by atoms with Gasteiger partial charge in [-0.1, -0.05) is 84.4 Å². The molecule has 0 bridgehead atoms. The summed E-state index contributed by atoms with van der Waals surface area (Å²) in [4.78, 5) is 27.1. The first-order valence-corrected chi connectivity index (χ1v) is 11.9. The van der Waals surface area contributed by atoms with Crippen molar-refractivity contribution in [2.75, 3.05) is 0 Å². The Morgan fingerprint density at radius 1 is 0.882 bits per heavy atom. The van der Waals surface area contributed by atoms with Gasteiger partial charge in [-0.15, -0.1) is 0 Å². The van der Waals surface area contributed by atoms with E-state index in [-0.39, 0.29) is 17.7 Å². The minimum atomic E-state index is -0.265. The Bertz CT molecular complexity index is 1420. The fraction of sp³-hybridized carbons (Fsp3) is 0.103. The molecular weight excluding hydrogens is 442 g/mol. The molecule has 0 aromatic heterocycles. The number of carbonyl (C=O) groups is 2. The Labute approximate surface area is 202 Å². The van der Waals surface area contributed by atoms with Gasteiger partial charge >= 0.3 is 0 Å². The van der Waals surface area contributed by atoms with Crippen molar-refractivity contribution in [2.24, 2.45) is 0 Å². The molecule has 4 aromatic rings. The normalized spacial score (nSPS) is 14.9. The molecular formula is C29H23NO3S. The molecule has 4 aromatic carbocycles. The largest absolute Gasteiger partial charge is 0.489 e. The number of fused-ring (bicyclic) bond motifs is 1. The van der Waals surface area contributed by atoms with E-state index in [1.165, 1.54) is 15.7 Å². The molecule has 0 saturated carbocycles. The third kappa shape index (κ3) is 4.75. The van der Waals surface area contributed by atoms with Gasteiger partial charge in [0.25, 0.3) is 11.1 Å². The summed E-state index contributed by atoms with van der Waals surface area (Å²) in [5.41, 5.74) is 3.96. The highest BCUT2D eigenvalue weighted by atomic mass is 32.2. The monoisotopic (exact) mass is 465 g/mol. The number of imide groups is 1. The highest BCUT2D eigenvalue weighted by molar-refractivity contribution is 8.18. The van der Waals surface area contributed by atoms with Crippen molar-refractivity contribution in [3.8, 4) is 5.75 Å². The molecule has 5 heteroatoms. The fourth-order valence-electron chi connectivity index (χ4n) is 4.05. The molecule has 1 heterocycles. The molecule has 0 atom stereocenters. The molecule has 1 aliphatic rings. The predicted molar refractivity (Wildman–Crippen MR) is 137 cm³/mol. The van der Waals surface area contributed by atoms with E-state index in [0.717, 1.165) is 34.0 Å². The van der Waals surface area contributed by atoms with Gasteiger partial charge in [-0.2, -0.15) is 0 Å². The van der Waals surface area contributed by atoms with Crippen LogP contribution in [0, 0.1) is 6.92 Å². The van der Waals surface area contributed by atoms with Crippen molar-refractivity contribution in [1.29, 1.82) is 0 Å². The minimum absolute atomic E-state index is 0.249. The lowest BCUT2D eigenvalue weighted by Gasteiger charge is -2.12. The summed E-state index contributed by atoms with van der Waals surface area (Å²) in [5, 5.41) is 2.10. The van der Waals surface area contributed by atoms with Crippen LogP contribution in [0.2, 0.25) is 0 Å². The van der Waals surface area contributed by atoms with E-state index in [0.29, 0.717) is 17.3 Å². The first kappa shape index (κ1) is 22.0. The average molecular weight is 466 g/mol. The van der Waals surface area contributed by atoms with E-state index < -0.39 is 0 Å². The van der Waals surface area contributed by atoms with Crippen molar-refractivity contribution < 1.29 is 14.3 Å². The quantitative estimate of drug-likeness (QED) is 0.289. The van der Waals surface area contributed by atoms with Gasteiger partial charge in [0.1, 0.15) is 12.4 Å². The van der Waals surface area contributed by atoms with E-state index in [1.54, 1.807) is 6.08 Å². The summed E-state index contributed by atoms with van der Waals surface area (Å²) in [5.74, 6) is 0.444. The van der Waals surface area contributed by atoms with Crippen molar-refractivity contribution in [3.05, 3.63) is 118 Å². The molecule has 0 N–H and O–H groups in total. The van der Waals surface area contributed by atoms with E-state index in [2.05, 4.69) is 24.3 Å². The van der Waals surface area contributed by atoms with Gasteiger partial charge in [0.05, 0.1) is 11.4 Å². The number of benzene rings is 4. The Morgan fingerprint density at radius 2 is 1.68 bits per heavy atom. The zero-order chi connectivity index (χ0) is 23.5. The fourth-order valence-corrected chi connectivity index (χ4v) is 4.89. The lowest BCUT2D eigenvalue weighted by atomic mass is 10.1. The molecule has 5 rings (SSSR count). The molecule has 0 spiro atoms. The maximum atomic E-state index is 12.9. The first-order valence-electron chi connectivity index (χ1n) is 11.1. The molecule has 0 radical (unpaired) electrons. The number of nitrogens with zero attached hydrogens (tertiary/aromatic N) is 1. The maximum Gasteiger partial charge on any atom is 0.293 e. The van der Waals surface area contributed by atoms with E-state index in [4.69, 9.17) is 4.74 Å². The van der Waals surface area contributed by atoms with Gasteiger partial charge in [-0.05, 0) is 64.4 Å². The molecule has 2 amide bonds. The molecule has 0 aliphatic carbocycles. The summed E-state index contributed by atoms with van der Waals surface area (Å²) in [6.45, 7) is 2.71. The summed E-state index contributed by atoms with van der Waals surface area (Å²) < 4.78 is 6.07. The van der Waals surface area contributed by atoms with Gasteiger partial charge in [0.15, 0.2) is 0 Å². The average Bonchev–Trinajstić information content (AvgIpc) is 3.10. The first-order chi connectivity index (χ1) is 16.6. The number of carbonyl (C=O) groups excluding carboxylic acids is 2. The molecule has 4 nitrogen and oxygen atoms in total.